The molecule has 1 aliphatic rings. The summed E-state index contributed by atoms with van der Waals surface area (Å²) in [4.78, 5) is 28.5. The van der Waals surface area contributed by atoms with E-state index in [1.165, 1.54) is 4.90 Å². The van der Waals surface area contributed by atoms with Crippen LogP contribution < -0.4 is 10.2 Å². The van der Waals surface area contributed by atoms with Crippen LogP contribution in [0.5, 0.6) is 0 Å². The van der Waals surface area contributed by atoms with Crippen molar-refractivity contribution in [3.8, 4) is 0 Å². The molecule has 0 bridgehead atoms. The normalized spacial score (nSPS) is 15.3. The Hall–Kier alpha value is -2.14. The molecule has 2 heterocycles. The van der Waals surface area contributed by atoms with Crippen LogP contribution in [0, 0.1) is 0 Å². The Bertz CT molecular complexity index is 671. The van der Waals surface area contributed by atoms with Gasteiger partial charge in [0.2, 0.25) is 5.91 Å². The predicted molar refractivity (Wildman–Crippen MR) is 67.6 cm³/mol. The number of aromatic nitrogens is 1. The van der Waals surface area contributed by atoms with Crippen molar-refractivity contribution in [2.24, 2.45) is 0 Å². The number of fused-ring (bicyclic) bond motifs is 1. The number of carbonyl (C=O) groups excluding carboxylic acids is 2. The number of halogens is 1. The minimum atomic E-state index is -0.436. The molecule has 6 heteroatoms. The number of hydrogen-bond donors (Lipinski definition) is 1. The first-order valence-electron chi connectivity index (χ1n) is 5.31. The third-order valence-corrected chi connectivity index (χ3v) is 3.11. The molecule has 0 aliphatic carbocycles. The molecule has 3 rings (SSSR count). The highest BCUT2D eigenvalue weighted by Gasteiger charge is 2.29. The molecule has 1 aliphatic heterocycles. The second-order valence-electron chi connectivity index (χ2n) is 3.91. The van der Waals surface area contributed by atoms with E-state index in [1.807, 2.05) is 6.07 Å². The molecule has 0 spiro atoms. The quantitative estimate of drug-likeness (QED) is 0.798. The molecule has 0 saturated carbocycles. The highest BCUT2D eigenvalue weighted by Crippen LogP contribution is 2.31. The maximum absolute atomic E-state index is 11.6. The number of benzene rings is 1. The van der Waals surface area contributed by atoms with Crippen LogP contribution in [0.4, 0.5) is 10.5 Å². The second-order valence-corrected chi connectivity index (χ2v) is 4.31. The summed E-state index contributed by atoms with van der Waals surface area (Å²) >= 11 is 6.07. The van der Waals surface area contributed by atoms with Crippen molar-refractivity contribution in [2.75, 3.05) is 11.4 Å². The fraction of sp³-hybridized carbons (Fsp3) is 0.0833. The maximum Gasteiger partial charge on any atom is 0.329 e. The van der Waals surface area contributed by atoms with Gasteiger partial charge in [-0.2, -0.15) is 0 Å². The van der Waals surface area contributed by atoms with Crippen LogP contribution >= 0.6 is 11.6 Å². The molecular weight excluding hydrogens is 254 g/mol. The van der Waals surface area contributed by atoms with Gasteiger partial charge in [0.25, 0.3) is 0 Å². The van der Waals surface area contributed by atoms with Gasteiger partial charge in [-0.3, -0.25) is 20.0 Å². The van der Waals surface area contributed by atoms with Gasteiger partial charge < -0.3 is 0 Å². The highest BCUT2D eigenvalue weighted by atomic mass is 35.5. The van der Waals surface area contributed by atoms with E-state index >= 15 is 0 Å². The minimum Gasteiger partial charge on any atom is -0.283 e. The number of nitrogens with zero attached hydrogens (tertiary/aromatic N) is 2. The summed E-state index contributed by atoms with van der Waals surface area (Å²) in [6, 6.07) is 6.54. The Kier molecular flexibility index (Phi) is 2.41. The van der Waals surface area contributed by atoms with Gasteiger partial charge >= 0.3 is 6.03 Å². The Balaban J connectivity index is 2.21. The zero-order chi connectivity index (χ0) is 12.7. The van der Waals surface area contributed by atoms with Crippen molar-refractivity contribution in [3.05, 3.63) is 35.5 Å². The predicted octanol–water partition coefficient (Wildman–Crippen LogP) is 1.94. The zero-order valence-corrected chi connectivity index (χ0v) is 9.94. The van der Waals surface area contributed by atoms with E-state index in [0.29, 0.717) is 16.2 Å². The number of imide groups is 1. The lowest BCUT2D eigenvalue weighted by molar-refractivity contribution is -0.117. The van der Waals surface area contributed by atoms with Crippen LogP contribution in [-0.2, 0) is 4.79 Å². The van der Waals surface area contributed by atoms with E-state index in [1.54, 1.807) is 24.4 Å². The molecule has 90 valence electrons. The summed E-state index contributed by atoms with van der Waals surface area (Å²) in [5.41, 5.74) is 1.19. The molecule has 1 saturated heterocycles. The maximum atomic E-state index is 11.6. The van der Waals surface area contributed by atoms with Crippen LogP contribution in [0.2, 0.25) is 5.02 Å². The van der Waals surface area contributed by atoms with E-state index in [2.05, 4.69) is 10.3 Å². The fourth-order valence-electron chi connectivity index (χ4n) is 1.98. The molecule has 1 aromatic carbocycles. The fourth-order valence-corrected chi connectivity index (χ4v) is 2.19. The number of hydrogen-bond acceptors (Lipinski definition) is 3. The molecule has 2 aromatic rings. The van der Waals surface area contributed by atoms with Gasteiger partial charge in [0.05, 0.1) is 16.2 Å². The van der Waals surface area contributed by atoms with Crippen LogP contribution in [0.3, 0.4) is 0 Å². The first kappa shape index (κ1) is 11.0. The third-order valence-electron chi connectivity index (χ3n) is 2.78. The minimum absolute atomic E-state index is 0.00609. The number of pyridine rings is 1. The van der Waals surface area contributed by atoms with Crippen LogP contribution in [0.25, 0.3) is 10.9 Å². The smallest absolute Gasteiger partial charge is 0.283 e. The molecule has 0 unspecified atom stereocenters. The lowest BCUT2D eigenvalue weighted by atomic mass is 10.2. The van der Waals surface area contributed by atoms with Gasteiger partial charge in [-0.05, 0) is 24.3 Å². The average Bonchev–Trinajstić information content (AvgIpc) is 2.69. The number of anilines is 1. The molecule has 5 nitrogen and oxygen atoms in total. The van der Waals surface area contributed by atoms with E-state index < -0.39 is 6.03 Å². The Labute approximate surface area is 107 Å². The number of urea groups is 1. The van der Waals surface area contributed by atoms with Gasteiger partial charge in [0.15, 0.2) is 0 Å². The van der Waals surface area contributed by atoms with Crippen molar-refractivity contribution in [1.82, 2.24) is 10.3 Å². The number of carbonyl (C=O) groups is 2. The SMILES string of the molecule is O=C1CN(c2ccc(Cl)c3cccnc23)C(=O)N1. The molecule has 1 N–H and O–H groups in total. The number of amides is 3. The van der Waals surface area contributed by atoms with Crippen molar-refractivity contribution in [1.29, 1.82) is 0 Å². The van der Waals surface area contributed by atoms with Gasteiger partial charge in [-0.1, -0.05) is 11.6 Å². The lowest BCUT2D eigenvalue weighted by Gasteiger charge is -2.15. The summed E-state index contributed by atoms with van der Waals surface area (Å²) in [6.07, 6.45) is 1.62. The van der Waals surface area contributed by atoms with Crippen molar-refractivity contribution < 1.29 is 9.59 Å². The largest absolute Gasteiger partial charge is 0.329 e. The topological polar surface area (TPSA) is 62.3 Å². The second kappa shape index (κ2) is 3.96. The first-order chi connectivity index (χ1) is 8.66. The first-order valence-corrected chi connectivity index (χ1v) is 5.69. The van der Waals surface area contributed by atoms with Crippen molar-refractivity contribution in [2.45, 2.75) is 0 Å². The Morgan fingerprint density at radius 1 is 1.28 bits per heavy atom. The number of nitrogens with one attached hydrogen (secondary N) is 1. The van der Waals surface area contributed by atoms with Gasteiger partial charge in [-0.15, -0.1) is 0 Å². The molecule has 3 amide bonds. The standard InChI is InChI=1S/C12H8ClN3O2/c13-8-3-4-9(11-7(8)2-1-5-14-11)16-6-10(17)15-12(16)18/h1-5H,6H2,(H,15,17,18). The lowest BCUT2D eigenvalue weighted by Crippen LogP contribution is -2.28. The summed E-state index contributed by atoms with van der Waals surface area (Å²) in [5.74, 6) is -0.320. The molecule has 1 fully saturated rings. The van der Waals surface area contributed by atoms with Crippen molar-refractivity contribution >= 4 is 40.1 Å². The third kappa shape index (κ3) is 1.60. The summed E-state index contributed by atoms with van der Waals surface area (Å²) in [5, 5.41) is 3.55. The summed E-state index contributed by atoms with van der Waals surface area (Å²) in [6.45, 7) is 0.00609. The van der Waals surface area contributed by atoms with Gasteiger partial charge in [0, 0.05) is 11.6 Å². The van der Waals surface area contributed by atoms with Crippen molar-refractivity contribution in [3.63, 3.8) is 0 Å². The Morgan fingerprint density at radius 3 is 2.83 bits per heavy atom. The Morgan fingerprint density at radius 2 is 2.11 bits per heavy atom. The van der Waals surface area contributed by atoms with Crippen LogP contribution in [0.1, 0.15) is 0 Å². The monoisotopic (exact) mass is 261 g/mol. The van der Waals surface area contributed by atoms with Crippen LogP contribution in [-0.4, -0.2) is 23.5 Å². The van der Waals surface area contributed by atoms with E-state index in [-0.39, 0.29) is 12.5 Å². The molecule has 0 radical (unpaired) electrons. The van der Waals surface area contributed by atoms with Gasteiger partial charge in [0.1, 0.15) is 6.54 Å². The zero-order valence-electron chi connectivity index (χ0n) is 9.18. The van der Waals surface area contributed by atoms with E-state index in [9.17, 15) is 9.59 Å². The van der Waals surface area contributed by atoms with Gasteiger partial charge in [-0.25, -0.2) is 4.79 Å². The molecule has 18 heavy (non-hydrogen) atoms. The van der Waals surface area contributed by atoms with Crippen LogP contribution in [0.15, 0.2) is 30.5 Å². The van der Waals surface area contributed by atoms with E-state index in [0.717, 1.165) is 5.39 Å². The molecular formula is C12H8ClN3O2. The summed E-state index contributed by atoms with van der Waals surface area (Å²) in [7, 11) is 0. The highest BCUT2D eigenvalue weighted by molar-refractivity contribution is 6.36. The number of rotatable bonds is 1. The average molecular weight is 262 g/mol. The van der Waals surface area contributed by atoms with E-state index in [4.69, 9.17) is 11.6 Å². The summed E-state index contributed by atoms with van der Waals surface area (Å²) < 4.78 is 0. The molecule has 1 aromatic heterocycles. The molecule has 0 atom stereocenters.